The molecule has 0 bridgehead atoms. The number of rotatable bonds is 7. The van der Waals surface area contributed by atoms with E-state index in [1.807, 2.05) is 42.5 Å². The van der Waals surface area contributed by atoms with E-state index in [0.717, 1.165) is 15.6 Å². The first-order valence-electron chi connectivity index (χ1n) is 8.87. The van der Waals surface area contributed by atoms with E-state index in [1.54, 1.807) is 6.08 Å². The molecule has 1 aliphatic rings. The monoisotopic (exact) mass is 525 g/mol. The number of nitrogens with zero attached hydrogens (tertiary/aromatic N) is 1. The molecule has 0 radical (unpaired) electrons. The van der Waals surface area contributed by atoms with E-state index < -0.39 is 5.97 Å². The van der Waals surface area contributed by atoms with E-state index in [-0.39, 0.29) is 18.9 Å². The fourth-order valence-corrected chi connectivity index (χ4v) is 4.54. The van der Waals surface area contributed by atoms with Crippen molar-refractivity contribution in [2.24, 2.45) is 0 Å². The zero-order chi connectivity index (χ0) is 21.7. The highest BCUT2D eigenvalue weighted by Gasteiger charge is 2.32. The van der Waals surface area contributed by atoms with Crippen LogP contribution in [0.3, 0.4) is 0 Å². The van der Waals surface area contributed by atoms with Crippen molar-refractivity contribution in [3.05, 3.63) is 68.0 Å². The van der Waals surface area contributed by atoms with Gasteiger partial charge in [-0.1, -0.05) is 69.7 Å². The molecule has 3 rings (SSSR count). The second-order valence-corrected chi connectivity index (χ2v) is 9.22. The average Bonchev–Trinajstić information content (AvgIpc) is 2.99. The van der Waals surface area contributed by atoms with Gasteiger partial charge in [-0.3, -0.25) is 14.5 Å². The van der Waals surface area contributed by atoms with Crippen LogP contribution in [0, 0.1) is 0 Å². The largest absolute Gasteiger partial charge is 0.488 e. The molecule has 0 spiro atoms. The molecule has 5 nitrogen and oxygen atoms in total. The molecular weight excluding hydrogens is 510 g/mol. The summed E-state index contributed by atoms with van der Waals surface area (Å²) < 4.78 is 11.9. The summed E-state index contributed by atoms with van der Waals surface area (Å²) in [5.74, 6) is -0.0286. The molecule has 1 aliphatic heterocycles. The second-order valence-electron chi connectivity index (χ2n) is 6.22. The Morgan fingerprint density at radius 1 is 1.30 bits per heavy atom. The summed E-state index contributed by atoms with van der Waals surface area (Å²) in [6.45, 7) is 0.477. The Hall–Kier alpha value is -1.87. The van der Waals surface area contributed by atoms with E-state index in [1.165, 1.54) is 23.8 Å². The van der Waals surface area contributed by atoms with Gasteiger partial charge in [0.2, 0.25) is 0 Å². The first-order valence-corrected chi connectivity index (χ1v) is 11.3. The van der Waals surface area contributed by atoms with E-state index >= 15 is 0 Å². The van der Waals surface area contributed by atoms with Crippen LogP contribution >= 0.6 is 51.5 Å². The topological polar surface area (TPSA) is 55.8 Å². The van der Waals surface area contributed by atoms with Crippen molar-refractivity contribution in [1.29, 1.82) is 0 Å². The van der Waals surface area contributed by atoms with Gasteiger partial charge in [0.1, 0.15) is 16.7 Å². The number of ether oxygens (including phenoxy) is 2. The fourth-order valence-electron chi connectivity index (χ4n) is 2.67. The standard InChI is InChI=1S/C21H17BrClNO4S2/c1-27-19(25)8-9-24-20(26)18(30-21(24)29)11-14-10-15(22)6-7-17(14)28-12-13-4-2-3-5-16(13)23/h2-7,10-11H,8-9,12H2,1H3/b18-11+. The molecule has 0 saturated carbocycles. The molecule has 0 aliphatic carbocycles. The maximum Gasteiger partial charge on any atom is 0.307 e. The predicted molar refractivity (Wildman–Crippen MR) is 126 cm³/mol. The van der Waals surface area contributed by atoms with Crippen LogP contribution in [0.1, 0.15) is 17.5 Å². The van der Waals surface area contributed by atoms with Gasteiger partial charge in [0.25, 0.3) is 5.91 Å². The Balaban J connectivity index is 1.80. The van der Waals surface area contributed by atoms with E-state index in [9.17, 15) is 9.59 Å². The maximum absolute atomic E-state index is 12.8. The molecule has 1 amide bonds. The number of carbonyl (C=O) groups is 2. The Morgan fingerprint density at radius 3 is 2.80 bits per heavy atom. The Kier molecular flexibility index (Phi) is 7.93. The molecule has 1 saturated heterocycles. The Bertz CT molecular complexity index is 1030. The lowest BCUT2D eigenvalue weighted by atomic mass is 10.1. The summed E-state index contributed by atoms with van der Waals surface area (Å²) in [7, 11) is 1.31. The molecule has 0 atom stereocenters. The predicted octanol–water partition coefficient (Wildman–Crippen LogP) is 5.45. The number of esters is 1. The third-order valence-corrected chi connectivity index (χ3v) is 6.48. The number of hydrogen-bond donors (Lipinski definition) is 0. The zero-order valence-corrected chi connectivity index (χ0v) is 19.9. The second kappa shape index (κ2) is 10.4. The van der Waals surface area contributed by atoms with Crippen molar-refractivity contribution in [2.45, 2.75) is 13.0 Å². The molecule has 0 unspecified atom stereocenters. The minimum atomic E-state index is -0.393. The Labute approximate surface area is 197 Å². The zero-order valence-electron chi connectivity index (χ0n) is 15.9. The molecule has 0 aromatic heterocycles. The van der Waals surface area contributed by atoms with Gasteiger partial charge in [-0.15, -0.1) is 0 Å². The van der Waals surface area contributed by atoms with Crippen LogP contribution in [0.5, 0.6) is 5.75 Å². The molecule has 156 valence electrons. The van der Waals surface area contributed by atoms with Crippen molar-refractivity contribution in [2.75, 3.05) is 13.7 Å². The third kappa shape index (κ3) is 5.63. The number of benzene rings is 2. The van der Waals surface area contributed by atoms with Crippen molar-refractivity contribution in [3.63, 3.8) is 0 Å². The third-order valence-electron chi connectivity index (χ3n) is 4.24. The van der Waals surface area contributed by atoms with Crippen molar-refractivity contribution in [1.82, 2.24) is 4.90 Å². The number of thiocarbonyl (C=S) groups is 1. The fraction of sp³-hybridized carbons (Fsp3) is 0.190. The number of thioether (sulfide) groups is 1. The van der Waals surface area contributed by atoms with E-state index in [4.69, 9.17) is 28.6 Å². The van der Waals surface area contributed by atoms with Gasteiger partial charge in [0.15, 0.2) is 0 Å². The molecule has 1 heterocycles. The number of methoxy groups -OCH3 is 1. The lowest BCUT2D eigenvalue weighted by Crippen LogP contribution is -2.30. The van der Waals surface area contributed by atoms with Crippen molar-refractivity contribution < 1.29 is 19.1 Å². The van der Waals surface area contributed by atoms with Crippen LogP contribution in [-0.2, 0) is 20.9 Å². The molecule has 30 heavy (non-hydrogen) atoms. The molecule has 9 heteroatoms. The lowest BCUT2D eigenvalue weighted by Gasteiger charge is -2.13. The van der Waals surface area contributed by atoms with Gasteiger partial charge in [-0.25, -0.2) is 0 Å². The lowest BCUT2D eigenvalue weighted by molar-refractivity contribution is -0.140. The van der Waals surface area contributed by atoms with Crippen LogP contribution in [0.4, 0.5) is 0 Å². The van der Waals surface area contributed by atoms with E-state index in [0.29, 0.717) is 26.6 Å². The van der Waals surface area contributed by atoms with Crippen LogP contribution in [-0.4, -0.2) is 34.8 Å². The summed E-state index contributed by atoms with van der Waals surface area (Å²) in [5.41, 5.74) is 1.59. The molecular formula is C21H17BrClNO4S2. The van der Waals surface area contributed by atoms with Crippen LogP contribution in [0.25, 0.3) is 6.08 Å². The summed E-state index contributed by atoms with van der Waals surface area (Å²) in [6, 6.07) is 13.0. The number of carbonyl (C=O) groups excluding carboxylic acids is 2. The molecule has 2 aromatic rings. The van der Waals surface area contributed by atoms with Crippen molar-refractivity contribution in [3.8, 4) is 5.75 Å². The van der Waals surface area contributed by atoms with Gasteiger partial charge >= 0.3 is 5.97 Å². The van der Waals surface area contributed by atoms with Crippen LogP contribution < -0.4 is 4.74 Å². The molecule has 2 aromatic carbocycles. The number of amides is 1. The van der Waals surface area contributed by atoms with E-state index in [2.05, 4.69) is 20.7 Å². The van der Waals surface area contributed by atoms with Gasteiger partial charge < -0.3 is 9.47 Å². The normalized spacial score (nSPS) is 15.0. The van der Waals surface area contributed by atoms with Gasteiger partial charge in [-0.05, 0) is 30.3 Å². The first kappa shape index (κ1) is 22.8. The average molecular weight is 527 g/mol. The van der Waals surface area contributed by atoms with Crippen molar-refractivity contribution >= 4 is 73.8 Å². The number of halogens is 2. The van der Waals surface area contributed by atoms with Gasteiger partial charge in [0, 0.05) is 27.2 Å². The minimum absolute atomic E-state index is 0.0826. The first-order chi connectivity index (χ1) is 14.4. The quantitative estimate of drug-likeness (QED) is 0.272. The number of hydrogen-bond acceptors (Lipinski definition) is 6. The SMILES string of the molecule is COC(=O)CCN1C(=O)/C(=C\c2cc(Br)ccc2OCc2ccccc2Cl)SC1=S. The van der Waals surface area contributed by atoms with Gasteiger partial charge in [0.05, 0.1) is 18.4 Å². The molecule has 1 fully saturated rings. The summed E-state index contributed by atoms with van der Waals surface area (Å²) in [5, 5.41) is 0.627. The summed E-state index contributed by atoms with van der Waals surface area (Å²) in [6.07, 6.45) is 1.82. The highest BCUT2D eigenvalue weighted by atomic mass is 79.9. The molecule has 0 N–H and O–H groups in total. The minimum Gasteiger partial charge on any atom is -0.488 e. The smallest absolute Gasteiger partial charge is 0.307 e. The Morgan fingerprint density at radius 2 is 2.07 bits per heavy atom. The van der Waals surface area contributed by atoms with Gasteiger partial charge in [-0.2, -0.15) is 0 Å². The highest BCUT2D eigenvalue weighted by Crippen LogP contribution is 2.35. The van der Waals surface area contributed by atoms with Crippen LogP contribution in [0.2, 0.25) is 5.02 Å². The van der Waals surface area contributed by atoms with Crippen LogP contribution in [0.15, 0.2) is 51.8 Å². The maximum atomic E-state index is 12.8. The highest BCUT2D eigenvalue weighted by molar-refractivity contribution is 9.10. The summed E-state index contributed by atoms with van der Waals surface area (Å²) >= 11 is 16.2. The summed E-state index contributed by atoms with van der Waals surface area (Å²) in [4.78, 5) is 26.0.